The first kappa shape index (κ1) is 18.7. The van der Waals surface area contributed by atoms with E-state index in [9.17, 15) is 12.8 Å². The zero-order valence-corrected chi connectivity index (χ0v) is 15.6. The molecule has 0 aromatic heterocycles. The fourth-order valence-electron chi connectivity index (χ4n) is 3.33. The molecule has 140 valence electrons. The van der Waals surface area contributed by atoms with Gasteiger partial charge in [0.1, 0.15) is 22.2 Å². The number of nitrogens with zero attached hydrogens (tertiary/aromatic N) is 1. The molecule has 1 fully saturated rings. The Morgan fingerprint density at radius 3 is 2.50 bits per heavy atom. The monoisotopic (exact) mass is 379 g/mol. The van der Waals surface area contributed by atoms with Crippen LogP contribution in [0.4, 0.5) is 4.39 Å². The van der Waals surface area contributed by atoms with Crippen molar-refractivity contribution >= 4 is 10.0 Å². The van der Waals surface area contributed by atoms with Crippen LogP contribution in [-0.4, -0.2) is 39.5 Å². The van der Waals surface area contributed by atoms with E-state index >= 15 is 0 Å². The van der Waals surface area contributed by atoms with Crippen LogP contribution in [0, 0.1) is 5.82 Å². The molecule has 5 nitrogen and oxygen atoms in total. The van der Waals surface area contributed by atoms with Gasteiger partial charge in [0.2, 0.25) is 10.0 Å². The summed E-state index contributed by atoms with van der Waals surface area (Å²) < 4.78 is 51.6. The first-order valence-corrected chi connectivity index (χ1v) is 9.88. The highest BCUT2D eigenvalue weighted by molar-refractivity contribution is 7.89. The Hall–Kier alpha value is -2.12. The van der Waals surface area contributed by atoms with Crippen LogP contribution in [0.25, 0.3) is 0 Å². The Labute approximate surface area is 153 Å². The van der Waals surface area contributed by atoms with E-state index in [1.165, 1.54) is 36.7 Å². The van der Waals surface area contributed by atoms with Crippen LogP contribution in [0.2, 0.25) is 0 Å². The van der Waals surface area contributed by atoms with E-state index in [2.05, 4.69) is 0 Å². The zero-order valence-electron chi connectivity index (χ0n) is 14.8. The number of benzene rings is 2. The minimum Gasteiger partial charge on any atom is -0.497 e. The molecule has 0 amide bonds. The second-order valence-corrected chi connectivity index (χ2v) is 8.12. The molecule has 1 atom stereocenters. The van der Waals surface area contributed by atoms with Crippen molar-refractivity contribution in [3.8, 4) is 11.5 Å². The van der Waals surface area contributed by atoms with E-state index in [-0.39, 0.29) is 16.8 Å². The number of hydrogen-bond acceptors (Lipinski definition) is 4. The average Bonchev–Trinajstić information content (AvgIpc) is 3.12. The predicted molar refractivity (Wildman–Crippen MR) is 96.6 cm³/mol. The maximum atomic E-state index is 13.3. The molecule has 3 rings (SSSR count). The van der Waals surface area contributed by atoms with Crippen LogP contribution in [0.3, 0.4) is 0 Å². The largest absolute Gasteiger partial charge is 0.497 e. The highest BCUT2D eigenvalue weighted by Crippen LogP contribution is 2.34. The molecule has 0 radical (unpaired) electrons. The molecule has 26 heavy (non-hydrogen) atoms. The van der Waals surface area contributed by atoms with Gasteiger partial charge in [-0.25, -0.2) is 12.8 Å². The van der Waals surface area contributed by atoms with Crippen LogP contribution in [-0.2, 0) is 16.4 Å². The molecule has 1 heterocycles. The number of hydrogen-bond donors (Lipinski definition) is 0. The molecule has 0 bridgehead atoms. The summed E-state index contributed by atoms with van der Waals surface area (Å²) in [5.41, 5.74) is 0.913. The Morgan fingerprint density at radius 2 is 1.85 bits per heavy atom. The van der Waals surface area contributed by atoms with Crippen molar-refractivity contribution in [2.45, 2.75) is 30.2 Å². The molecular weight excluding hydrogens is 357 g/mol. The van der Waals surface area contributed by atoms with E-state index in [1.807, 2.05) is 0 Å². The lowest BCUT2D eigenvalue weighted by Gasteiger charge is -2.25. The maximum absolute atomic E-state index is 13.3. The molecule has 0 N–H and O–H groups in total. The average molecular weight is 379 g/mol. The minimum absolute atomic E-state index is 0.102. The number of rotatable bonds is 6. The fraction of sp³-hybridized carbons (Fsp3) is 0.368. The van der Waals surface area contributed by atoms with Gasteiger partial charge in [0.05, 0.1) is 14.2 Å². The molecule has 1 aliphatic heterocycles. The topological polar surface area (TPSA) is 55.8 Å². The van der Waals surface area contributed by atoms with Gasteiger partial charge in [0.25, 0.3) is 0 Å². The van der Waals surface area contributed by atoms with Crippen molar-refractivity contribution in [2.24, 2.45) is 0 Å². The molecule has 0 aliphatic carbocycles. The first-order valence-electron chi connectivity index (χ1n) is 8.44. The molecule has 1 aliphatic rings. The quantitative estimate of drug-likeness (QED) is 0.773. The minimum atomic E-state index is -3.74. The summed E-state index contributed by atoms with van der Waals surface area (Å²) in [4.78, 5) is 0.102. The molecule has 0 saturated carbocycles. The second kappa shape index (κ2) is 7.63. The normalized spacial score (nSPS) is 18.0. The number of ether oxygens (including phenoxy) is 2. The predicted octanol–water partition coefficient (Wildman–Crippen LogP) is 3.24. The van der Waals surface area contributed by atoms with E-state index in [0.29, 0.717) is 24.5 Å². The van der Waals surface area contributed by atoms with Gasteiger partial charge in [-0.05, 0) is 49.1 Å². The SMILES string of the molecule is COc1ccc(OC)c(S(=O)(=O)N2CCCC2Cc2ccc(F)cc2)c1. The lowest BCUT2D eigenvalue weighted by Crippen LogP contribution is -2.37. The standard InChI is InChI=1S/C19H22FNO4S/c1-24-17-9-10-18(25-2)19(13-17)26(22,23)21-11-3-4-16(21)12-14-5-7-15(20)8-6-14/h5-10,13,16H,3-4,11-12H2,1-2H3. The van der Waals surface area contributed by atoms with Gasteiger partial charge in [-0.15, -0.1) is 0 Å². The highest BCUT2D eigenvalue weighted by atomic mass is 32.2. The van der Waals surface area contributed by atoms with Crippen molar-refractivity contribution in [2.75, 3.05) is 20.8 Å². The van der Waals surface area contributed by atoms with Crippen LogP contribution in [0.15, 0.2) is 47.4 Å². The second-order valence-electron chi connectivity index (χ2n) is 6.26. The van der Waals surface area contributed by atoms with Crippen molar-refractivity contribution in [3.05, 3.63) is 53.8 Å². The summed E-state index contributed by atoms with van der Waals surface area (Å²) >= 11 is 0. The van der Waals surface area contributed by atoms with Crippen molar-refractivity contribution in [3.63, 3.8) is 0 Å². The molecule has 2 aromatic rings. The fourth-order valence-corrected chi connectivity index (χ4v) is 5.20. The van der Waals surface area contributed by atoms with Crippen LogP contribution >= 0.6 is 0 Å². The van der Waals surface area contributed by atoms with Gasteiger partial charge in [0, 0.05) is 18.7 Å². The molecular formula is C19H22FNO4S. The summed E-state index contributed by atoms with van der Waals surface area (Å²) in [7, 11) is -0.801. The number of halogens is 1. The molecule has 7 heteroatoms. The molecule has 1 unspecified atom stereocenters. The third-order valence-corrected chi connectivity index (χ3v) is 6.64. The van der Waals surface area contributed by atoms with Gasteiger partial charge in [-0.3, -0.25) is 0 Å². The molecule has 0 spiro atoms. The number of sulfonamides is 1. The summed E-state index contributed by atoms with van der Waals surface area (Å²) in [6.45, 7) is 0.453. The van der Waals surface area contributed by atoms with Gasteiger partial charge < -0.3 is 9.47 Å². The third kappa shape index (κ3) is 3.68. The molecule has 2 aromatic carbocycles. The Morgan fingerprint density at radius 1 is 1.12 bits per heavy atom. The summed E-state index contributed by atoms with van der Waals surface area (Å²) in [6.07, 6.45) is 2.10. The Balaban J connectivity index is 1.91. The third-order valence-electron chi connectivity index (χ3n) is 4.67. The first-order chi connectivity index (χ1) is 12.5. The maximum Gasteiger partial charge on any atom is 0.247 e. The van der Waals surface area contributed by atoms with Gasteiger partial charge in [-0.2, -0.15) is 4.31 Å². The van der Waals surface area contributed by atoms with Gasteiger partial charge in [-0.1, -0.05) is 12.1 Å². The van der Waals surface area contributed by atoms with Crippen LogP contribution in [0.1, 0.15) is 18.4 Å². The van der Waals surface area contributed by atoms with E-state index in [4.69, 9.17) is 9.47 Å². The summed E-state index contributed by atoms with van der Waals surface area (Å²) in [5, 5.41) is 0. The smallest absolute Gasteiger partial charge is 0.247 e. The van der Waals surface area contributed by atoms with E-state index in [1.54, 1.807) is 24.3 Å². The van der Waals surface area contributed by atoms with Gasteiger partial charge >= 0.3 is 0 Å². The van der Waals surface area contributed by atoms with Crippen LogP contribution in [0.5, 0.6) is 11.5 Å². The Kier molecular flexibility index (Phi) is 5.48. The number of methoxy groups -OCH3 is 2. The van der Waals surface area contributed by atoms with Crippen LogP contribution < -0.4 is 9.47 Å². The lowest BCUT2D eigenvalue weighted by molar-refractivity contribution is 0.370. The van der Waals surface area contributed by atoms with E-state index in [0.717, 1.165) is 18.4 Å². The van der Waals surface area contributed by atoms with Crippen molar-refractivity contribution in [1.82, 2.24) is 4.31 Å². The van der Waals surface area contributed by atoms with E-state index < -0.39 is 10.0 Å². The zero-order chi connectivity index (χ0) is 18.7. The van der Waals surface area contributed by atoms with Crippen molar-refractivity contribution in [1.29, 1.82) is 0 Å². The Bertz CT molecular complexity index is 868. The summed E-state index contributed by atoms with van der Waals surface area (Å²) in [5.74, 6) is 0.447. The van der Waals surface area contributed by atoms with Crippen molar-refractivity contribution < 1.29 is 22.3 Å². The highest BCUT2D eigenvalue weighted by Gasteiger charge is 2.37. The summed E-state index contributed by atoms with van der Waals surface area (Å²) in [6, 6.07) is 10.8. The lowest BCUT2D eigenvalue weighted by atomic mass is 10.0. The van der Waals surface area contributed by atoms with Gasteiger partial charge in [0.15, 0.2) is 0 Å². The molecule has 1 saturated heterocycles.